The van der Waals surface area contributed by atoms with E-state index < -0.39 is 0 Å². The number of nitrogens with zero attached hydrogens (tertiary/aromatic N) is 8. The topological polar surface area (TPSA) is 234 Å². The highest BCUT2D eigenvalue weighted by Gasteiger charge is 2.25. The average Bonchev–Trinajstić information content (AvgIpc) is 3.88. The molecule has 0 bridgehead atoms. The van der Waals surface area contributed by atoms with E-state index in [1.807, 2.05) is 0 Å². The molecule has 6 heterocycles. The Hall–Kier alpha value is -1.44. The number of nitrogens with two attached hydrogens (primary N) is 3. The van der Waals surface area contributed by atoms with Crippen molar-refractivity contribution in [1.29, 1.82) is 0 Å². The minimum Gasteiger partial charge on any atom is -0.455 e. The molecular weight excluding hydrogens is 671 g/mol. The lowest BCUT2D eigenvalue weighted by molar-refractivity contribution is 0.220. The van der Waals surface area contributed by atoms with Crippen molar-refractivity contribution < 1.29 is 18.6 Å². The largest absolute Gasteiger partial charge is 0.455 e. The molecule has 0 aliphatic carbocycles. The number of hydrogen-bond acceptors (Lipinski definition) is 16. The van der Waals surface area contributed by atoms with Gasteiger partial charge in [-0.05, 0) is 71.8 Å². The smallest absolute Gasteiger partial charge is 0.283 e. The summed E-state index contributed by atoms with van der Waals surface area (Å²) in [5.41, 5.74) is 16.3. The number of likely N-dealkylation sites (N-methyl/N-ethyl adjacent to an activating group) is 1. The lowest BCUT2D eigenvalue weighted by Crippen LogP contribution is -2.36. The van der Waals surface area contributed by atoms with E-state index in [-0.39, 0.29) is 29.7 Å². The summed E-state index contributed by atoms with van der Waals surface area (Å²) >= 11 is 0. The zero-order valence-corrected chi connectivity index (χ0v) is 33.3. The van der Waals surface area contributed by atoms with Crippen LogP contribution in [0.15, 0.2) is 13.6 Å². The Morgan fingerprint density at radius 2 is 1.17 bits per heavy atom. The second-order valence-electron chi connectivity index (χ2n) is 11.3. The quantitative estimate of drug-likeness (QED) is 0.165. The van der Waals surface area contributed by atoms with Gasteiger partial charge in [-0.2, -0.15) is 44.6 Å². The van der Waals surface area contributed by atoms with Gasteiger partial charge in [0, 0.05) is 13.1 Å². The van der Waals surface area contributed by atoms with Crippen LogP contribution in [0.5, 0.6) is 0 Å². The molecule has 6 rings (SSSR count). The van der Waals surface area contributed by atoms with Crippen LogP contribution in [0, 0.1) is 0 Å². The molecule has 3 fully saturated rings. The Morgan fingerprint density at radius 1 is 0.729 bits per heavy atom. The molecule has 272 valence electrons. The number of piperidine rings is 3. The van der Waals surface area contributed by atoms with Crippen LogP contribution in [0.25, 0.3) is 0 Å². The maximum atomic E-state index is 7.44. The zero-order valence-electron chi connectivity index (χ0n) is 29.1. The van der Waals surface area contributed by atoms with Gasteiger partial charge in [0.05, 0.1) is 37.4 Å². The molecule has 0 spiro atoms. The van der Waals surface area contributed by atoms with Gasteiger partial charge >= 0.3 is 0 Å². The van der Waals surface area contributed by atoms with E-state index in [1.165, 1.54) is 19.3 Å². The van der Waals surface area contributed by atoms with Gasteiger partial charge in [0.15, 0.2) is 17.5 Å². The normalized spacial score (nSPS) is 20.8. The molecule has 3 aromatic heterocycles. The van der Waals surface area contributed by atoms with Crippen molar-refractivity contribution >= 4 is 44.6 Å². The van der Waals surface area contributed by atoms with Crippen LogP contribution in [-0.4, -0.2) is 106 Å². The number of likely N-dealkylation sites (tertiary alicyclic amines) is 1. The minimum atomic E-state index is 0. The van der Waals surface area contributed by atoms with Crippen LogP contribution in [0.1, 0.15) is 91.4 Å². The van der Waals surface area contributed by atoms with Gasteiger partial charge in [-0.3, -0.25) is 0 Å². The standard InChI is InChI=1S/C9H16BN4O.C9H16N4O.C8H14N4O.CH4BO.3H3P/c1-10-14-4-2-3-7(6-14)9-12-8(5-11)13-15-9;1-13-4-2-3-7(6-13)9-11-8(5-10)12-14-9;9-4-7-11-8(13-12-7)6-2-1-3-10-5-6;1-2-3;;;/h7H,2-6,11H2,1H3;7H,2-6,10H2,1H3;6,10H,1-5,9H2;3H,1H3;3*1H3. The molecule has 6 unspecified atom stereocenters. The SMILES string of the molecule is CN1CCCC(c2nc(CN)no2)C1.C[B]N1CCCC(c2nc(CN)no2)C1.C[B]O.NCc1noc(C2CCCNC2)n1.P.P.P. The molecule has 21 heteroatoms. The molecule has 8 N–H and O–H groups in total. The molecule has 6 atom stereocenters. The van der Waals surface area contributed by atoms with E-state index in [9.17, 15) is 0 Å². The van der Waals surface area contributed by atoms with E-state index in [2.05, 4.69) is 66.7 Å². The first-order valence-electron chi connectivity index (χ1n) is 15.9. The third-order valence-corrected chi connectivity index (χ3v) is 7.79. The number of rotatable bonds is 7. The fraction of sp³-hybridized carbons (Fsp3) is 0.778. The monoisotopic (exact) mass is 730 g/mol. The summed E-state index contributed by atoms with van der Waals surface area (Å²) in [4.78, 5) is 17.3. The van der Waals surface area contributed by atoms with Gasteiger partial charge in [0.25, 0.3) is 7.48 Å². The third kappa shape index (κ3) is 15.6. The van der Waals surface area contributed by atoms with Crippen molar-refractivity contribution in [1.82, 2.24) is 45.4 Å². The Bertz CT molecular complexity index is 1210. The van der Waals surface area contributed by atoms with Crippen molar-refractivity contribution in [3.8, 4) is 0 Å². The van der Waals surface area contributed by atoms with Crippen LogP contribution in [0.3, 0.4) is 0 Å². The highest BCUT2D eigenvalue weighted by Crippen LogP contribution is 2.26. The zero-order chi connectivity index (χ0) is 32.4. The molecule has 2 radical (unpaired) electrons. The summed E-state index contributed by atoms with van der Waals surface area (Å²) in [5, 5.41) is 22.1. The molecule has 0 amide bonds. The van der Waals surface area contributed by atoms with Gasteiger partial charge in [-0.1, -0.05) is 29.1 Å². The van der Waals surface area contributed by atoms with E-state index >= 15 is 0 Å². The molecule has 0 aromatic carbocycles. The first-order valence-corrected chi connectivity index (χ1v) is 15.9. The Balaban J connectivity index is 0.000000644. The molecule has 3 aliphatic rings. The van der Waals surface area contributed by atoms with Crippen molar-refractivity contribution in [2.45, 2.75) is 89.6 Å². The summed E-state index contributed by atoms with van der Waals surface area (Å²) in [6.07, 6.45) is 6.92. The van der Waals surface area contributed by atoms with Crippen LogP contribution >= 0.6 is 29.7 Å². The Kier molecular flexibility index (Phi) is 25.6. The molecule has 48 heavy (non-hydrogen) atoms. The Labute approximate surface area is 296 Å². The predicted octanol–water partition coefficient (Wildman–Crippen LogP) is 0.528. The lowest BCUT2D eigenvalue weighted by atomic mass is 9.88. The van der Waals surface area contributed by atoms with E-state index in [0.717, 1.165) is 83.7 Å². The van der Waals surface area contributed by atoms with Gasteiger partial charge in [-0.25, -0.2) is 0 Å². The fourth-order valence-electron chi connectivity index (χ4n) is 5.42. The van der Waals surface area contributed by atoms with Crippen LogP contribution in [0.4, 0.5) is 0 Å². The maximum absolute atomic E-state index is 7.44. The van der Waals surface area contributed by atoms with Gasteiger partial charge in [0.1, 0.15) is 0 Å². The van der Waals surface area contributed by atoms with E-state index in [0.29, 0.717) is 54.9 Å². The summed E-state index contributed by atoms with van der Waals surface area (Å²) in [6.45, 7) is 11.0. The first kappa shape index (κ1) is 46.6. The minimum absolute atomic E-state index is 0. The van der Waals surface area contributed by atoms with Crippen LogP contribution in [0.2, 0.25) is 13.6 Å². The molecule has 16 nitrogen and oxygen atoms in total. The first-order chi connectivity index (χ1) is 21.9. The molecular formula is C27H59B2N12O4P3. The van der Waals surface area contributed by atoms with Crippen molar-refractivity contribution in [2.24, 2.45) is 17.2 Å². The van der Waals surface area contributed by atoms with Crippen molar-refractivity contribution in [2.75, 3.05) is 46.3 Å². The summed E-state index contributed by atoms with van der Waals surface area (Å²) < 4.78 is 15.5. The highest BCUT2D eigenvalue weighted by atomic mass is 31.0. The summed E-state index contributed by atoms with van der Waals surface area (Å²) in [6, 6.07) is 0. The summed E-state index contributed by atoms with van der Waals surface area (Å²) in [5.74, 6) is 5.15. The third-order valence-electron chi connectivity index (χ3n) is 7.79. The van der Waals surface area contributed by atoms with Crippen molar-refractivity contribution in [3.05, 3.63) is 35.1 Å². The fourth-order valence-corrected chi connectivity index (χ4v) is 5.42. The molecule has 3 aliphatic heterocycles. The van der Waals surface area contributed by atoms with E-state index in [4.69, 9.17) is 35.8 Å². The predicted molar refractivity (Wildman–Crippen MR) is 203 cm³/mol. The second-order valence-corrected chi connectivity index (χ2v) is 11.3. The molecule has 3 aromatic rings. The van der Waals surface area contributed by atoms with Gasteiger partial charge in [-0.15, -0.1) is 0 Å². The van der Waals surface area contributed by atoms with Crippen LogP contribution in [-0.2, 0) is 19.6 Å². The van der Waals surface area contributed by atoms with Gasteiger partial charge in [0.2, 0.25) is 25.1 Å². The van der Waals surface area contributed by atoms with Gasteiger partial charge < -0.3 is 50.8 Å². The highest BCUT2D eigenvalue weighted by molar-refractivity contribution is 6.92. The van der Waals surface area contributed by atoms with Crippen LogP contribution < -0.4 is 22.5 Å². The second kappa shape index (κ2) is 26.4. The molecule has 0 saturated carbocycles. The van der Waals surface area contributed by atoms with Crippen molar-refractivity contribution in [3.63, 3.8) is 0 Å². The number of nitrogens with one attached hydrogen (secondary N) is 1. The lowest BCUT2D eigenvalue weighted by Gasteiger charge is -2.29. The maximum Gasteiger partial charge on any atom is 0.283 e. The number of hydrogen-bond donors (Lipinski definition) is 5. The average molecular weight is 730 g/mol. The molecule has 3 saturated heterocycles. The Morgan fingerprint density at radius 3 is 1.56 bits per heavy atom. The van der Waals surface area contributed by atoms with E-state index in [1.54, 1.807) is 6.82 Å². The number of aromatic nitrogens is 6. The summed E-state index contributed by atoms with van der Waals surface area (Å²) in [7, 11) is 5.23.